The van der Waals surface area contributed by atoms with E-state index >= 15 is 0 Å². The predicted molar refractivity (Wildman–Crippen MR) is 57.7 cm³/mol. The highest BCUT2D eigenvalue weighted by Crippen LogP contribution is 2.28. The summed E-state index contributed by atoms with van der Waals surface area (Å²) in [6, 6.07) is 0.129. The van der Waals surface area contributed by atoms with E-state index in [0.29, 0.717) is 12.5 Å². The lowest BCUT2D eigenvalue weighted by molar-refractivity contribution is -0.142. The molecule has 2 rings (SSSR count). The Morgan fingerprint density at radius 1 is 1.61 bits per heavy atom. The summed E-state index contributed by atoms with van der Waals surface area (Å²) in [7, 11) is 0. The summed E-state index contributed by atoms with van der Waals surface area (Å²) in [5.41, 5.74) is -0.982. The molecule has 18 heavy (non-hydrogen) atoms. The van der Waals surface area contributed by atoms with E-state index in [0.717, 1.165) is 23.6 Å². The Labute approximate surface area is 102 Å². The summed E-state index contributed by atoms with van der Waals surface area (Å²) in [5, 5.41) is 6.09. The molecule has 1 aliphatic carbocycles. The van der Waals surface area contributed by atoms with Gasteiger partial charge in [-0.05, 0) is 31.7 Å². The zero-order chi connectivity index (χ0) is 13.3. The van der Waals surface area contributed by atoms with E-state index in [2.05, 4.69) is 10.4 Å². The summed E-state index contributed by atoms with van der Waals surface area (Å²) in [6.07, 6.45) is -1.09. The Balaban J connectivity index is 1.96. The lowest BCUT2D eigenvalue weighted by Gasteiger charge is -2.12. The fourth-order valence-electron chi connectivity index (χ4n) is 1.54. The van der Waals surface area contributed by atoms with Crippen molar-refractivity contribution in [2.45, 2.75) is 32.0 Å². The molecule has 1 fully saturated rings. The first-order valence-corrected chi connectivity index (χ1v) is 5.78. The van der Waals surface area contributed by atoms with Crippen LogP contribution in [0.5, 0.6) is 0 Å². The second-order valence-corrected chi connectivity index (χ2v) is 4.54. The van der Waals surface area contributed by atoms with Crippen molar-refractivity contribution >= 4 is 5.91 Å². The molecule has 100 valence electrons. The molecule has 1 N–H and O–H groups in total. The number of aromatic nitrogens is 2. The first kappa shape index (κ1) is 12.9. The number of halogens is 3. The van der Waals surface area contributed by atoms with Crippen LogP contribution in [0.4, 0.5) is 13.2 Å². The summed E-state index contributed by atoms with van der Waals surface area (Å²) in [4.78, 5) is 11.7. The standard InChI is InChI=1S/C11H14F3N3O/c1-7(10(18)15-6-8-2-3-8)17-5-4-9(16-17)11(12,13)14/h4-5,7-8H,2-3,6H2,1H3,(H,15,18)/t7-/m0/s1. The summed E-state index contributed by atoms with van der Waals surface area (Å²) >= 11 is 0. The van der Waals surface area contributed by atoms with Crippen LogP contribution >= 0.6 is 0 Å². The van der Waals surface area contributed by atoms with Crippen LogP contribution in [0.2, 0.25) is 0 Å². The number of alkyl halides is 3. The highest BCUT2D eigenvalue weighted by atomic mass is 19.4. The first-order valence-electron chi connectivity index (χ1n) is 5.78. The van der Waals surface area contributed by atoms with Crippen LogP contribution in [0.25, 0.3) is 0 Å². The van der Waals surface area contributed by atoms with Crippen LogP contribution in [0.15, 0.2) is 12.3 Å². The summed E-state index contributed by atoms with van der Waals surface area (Å²) in [5.74, 6) is 0.225. The molecule has 0 aromatic carbocycles. The third kappa shape index (κ3) is 3.02. The molecule has 7 heteroatoms. The van der Waals surface area contributed by atoms with Gasteiger partial charge in [0, 0.05) is 12.7 Å². The van der Waals surface area contributed by atoms with Gasteiger partial charge in [-0.1, -0.05) is 0 Å². The number of nitrogens with zero attached hydrogens (tertiary/aromatic N) is 2. The number of rotatable bonds is 4. The third-order valence-electron chi connectivity index (χ3n) is 2.94. The minimum absolute atomic E-state index is 0.307. The van der Waals surface area contributed by atoms with Crippen LogP contribution in [0.1, 0.15) is 31.5 Å². The SMILES string of the molecule is C[C@@H](C(=O)NCC1CC1)n1ccc(C(F)(F)F)n1. The molecule has 1 aliphatic rings. The van der Waals surface area contributed by atoms with Gasteiger partial charge in [-0.25, -0.2) is 0 Å². The van der Waals surface area contributed by atoms with E-state index in [-0.39, 0.29) is 5.91 Å². The minimum Gasteiger partial charge on any atom is -0.354 e. The molecule has 1 saturated carbocycles. The maximum absolute atomic E-state index is 12.4. The molecule has 4 nitrogen and oxygen atoms in total. The fourth-order valence-corrected chi connectivity index (χ4v) is 1.54. The van der Waals surface area contributed by atoms with Gasteiger partial charge in [0.15, 0.2) is 5.69 Å². The summed E-state index contributed by atoms with van der Waals surface area (Å²) in [6.45, 7) is 2.12. The quantitative estimate of drug-likeness (QED) is 0.901. The Kier molecular flexibility index (Phi) is 3.32. The molecular formula is C11H14F3N3O. The zero-order valence-corrected chi connectivity index (χ0v) is 9.87. The minimum atomic E-state index is -4.48. The fraction of sp³-hybridized carbons (Fsp3) is 0.636. The van der Waals surface area contributed by atoms with E-state index in [1.807, 2.05) is 0 Å². The molecule has 1 amide bonds. The van der Waals surface area contributed by atoms with E-state index < -0.39 is 17.9 Å². The van der Waals surface area contributed by atoms with Crippen LogP contribution in [-0.2, 0) is 11.0 Å². The maximum Gasteiger partial charge on any atom is 0.435 e. The number of carbonyl (C=O) groups excluding carboxylic acids is 1. The van der Waals surface area contributed by atoms with E-state index in [1.54, 1.807) is 0 Å². The van der Waals surface area contributed by atoms with Gasteiger partial charge in [-0.3, -0.25) is 9.48 Å². The van der Waals surface area contributed by atoms with Crippen molar-refractivity contribution in [1.82, 2.24) is 15.1 Å². The normalized spacial score (nSPS) is 17.6. The monoisotopic (exact) mass is 261 g/mol. The Hall–Kier alpha value is -1.53. The number of hydrogen-bond acceptors (Lipinski definition) is 2. The highest BCUT2D eigenvalue weighted by Gasteiger charge is 2.34. The van der Waals surface area contributed by atoms with E-state index in [1.165, 1.54) is 13.1 Å². The van der Waals surface area contributed by atoms with Gasteiger partial charge in [-0.15, -0.1) is 0 Å². The molecule has 1 aromatic rings. The number of nitrogens with one attached hydrogen (secondary N) is 1. The van der Waals surface area contributed by atoms with Crippen molar-refractivity contribution < 1.29 is 18.0 Å². The Morgan fingerprint density at radius 3 is 2.78 bits per heavy atom. The van der Waals surface area contributed by atoms with E-state index in [4.69, 9.17) is 0 Å². The highest BCUT2D eigenvalue weighted by molar-refractivity contribution is 5.79. The molecule has 0 aliphatic heterocycles. The van der Waals surface area contributed by atoms with Crippen molar-refractivity contribution in [2.24, 2.45) is 5.92 Å². The van der Waals surface area contributed by atoms with Gasteiger partial charge in [0.25, 0.3) is 0 Å². The van der Waals surface area contributed by atoms with Crippen molar-refractivity contribution in [2.75, 3.05) is 6.54 Å². The predicted octanol–water partition coefficient (Wildman–Crippen LogP) is 1.99. The topological polar surface area (TPSA) is 46.9 Å². The van der Waals surface area contributed by atoms with Crippen molar-refractivity contribution in [3.05, 3.63) is 18.0 Å². The van der Waals surface area contributed by atoms with Crippen LogP contribution in [-0.4, -0.2) is 22.2 Å². The largest absolute Gasteiger partial charge is 0.435 e. The zero-order valence-electron chi connectivity index (χ0n) is 9.87. The van der Waals surface area contributed by atoms with Crippen molar-refractivity contribution in [1.29, 1.82) is 0 Å². The van der Waals surface area contributed by atoms with E-state index in [9.17, 15) is 18.0 Å². The molecule has 1 aromatic heterocycles. The Bertz CT molecular complexity index is 437. The molecule has 1 atom stereocenters. The molecule has 0 saturated heterocycles. The number of carbonyl (C=O) groups is 1. The molecule has 0 spiro atoms. The van der Waals surface area contributed by atoms with Gasteiger partial charge < -0.3 is 5.32 Å². The smallest absolute Gasteiger partial charge is 0.354 e. The first-order chi connectivity index (χ1) is 8.38. The Morgan fingerprint density at radius 2 is 2.28 bits per heavy atom. The average Bonchev–Trinajstić information content (AvgIpc) is 2.97. The molecular weight excluding hydrogens is 247 g/mol. The van der Waals surface area contributed by atoms with Crippen LogP contribution < -0.4 is 5.32 Å². The summed E-state index contributed by atoms with van der Waals surface area (Å²) < 4.78 is 38.1. The second kappa shape index (κ2) is 4.62. The molecule has 1 heterocycles. The van der Waals surface area contributed by atoms with Gasteiger partial charge in [0.2, 0.25) is 5.91 Å². The van der Waals surface area contributed by atoms with Gasteiger partial charge in [0.1, 0.15) is 6.04 Å². The van der Waals surface area contributed by atoms with Crippen LogP contribution in [0, 0.1) is 5.92 Å². The van der Waals surface area contributed by atoms with Crippen molar-refractivity contribution in [3.63, 3.8) is 0 Å². The lowest BCUT2D eigenvalue weighted by atomic mass is 10.3. The molecule has 0 radical (unpaired) electrons. The third-order valence-corrected chi connectivity index (χ3v) is 2.94. The lowest BCUT2D eigenvalue weighted by Crippen LogP contribution is -2.32. The number of amides is 1. The average molecular weight is 261 g/mol. The number of hydrogen-bond donors (Lipinski definition) is 1. The van der Waals surface area contributed by atoms with Crippen molar-refractivity contribution in [3.8, 4) is 0 Å². The second-order valence-electron chi connectivity index (χ2n) is 4.54. The van der Waals surface area contributed by atoms with Gasteiger partial charge >= 0.3 is 6.18 Å². The van der Waals surface area contributed by atoms with Gasteiger partial charge in [0.05, 0.1) is 0 Å². The van der Waals surface area contributed by atoms with Crippen LogP contribution in [0.3, 0.4) is 0 Å². The molecule has 0 unspecified atom stereocenters. The molecule has 0 bridgehead atoms. The maximum atomic E-state index is 12.4. The van der Waals surface area contributed by atoms with Gasteiger partial charge in [-0.2, -0.15) is 18.3 Å².